The maximum absolute atomic E-state index is 13.0. The van der Waals surface area contributed by atoms with Gasteiger partial charge >= 0.3 is 6.18 Å². The van der Waals surface area contributed by atoms with Gasteiger partial charge in [0.15, 0.2) is 0 Å². The summed E-state index contributed by atoms with van der Waals surface area (Å²) in [6, 6.07) is 7.94. The van der Waals surface area contributed by atoms with E-state index >= 15 is 0 Å². The first-order valence-electron chi connectivity index (χ1n) is 5.97. The molecule has 18 heavy (non-hydrogen) atoms. The van der Waals surface area contributed by atoms with Gasteiger partial charge in [0.25, 0.3) is 0 Å². The van der Waals surface area contributed by atoms with Crippen molar-refractivity contribution >= 4 is 0 Å². The minimum absolute atomic E-state index is 0.0577. The highest BCUT2D eigenvalue weighted by atomic mass is 19.4. The fraction of sp³-hybridized carbons (Fsp3) is 0.429. The van der Waals surface area contributed by atoms with Gasteiger partial charge in [0.05, 0.1) is 0 Å². The summed E-state index contributed by atoms with van der Waals surface area (Å²) in [6.07, 6.45) is -2.41. The van der Waals surface area contributed by atoms with Crippen molar-refractivity contribution in [2.45, 2.75) is 32.1 Å². The number of alkyl halides is 3. The van der Waals surface area contributed by atoms with E-state index in [0.717, 1.165) is 11.1 Å². The molecule has 1 nitrogen and oxygen atoms in total. The third kappa shape index (κ3) is 3.13. The van der Waals surface area contributed by atoms with Crippen LogP contribution in [-0.4, -0.2) is 23.7 Å². The van der Waals surface area contributed by atoms with Gasteiger partial charge in [-0.05, 0) is 18.9 Å². The molecule has 1 heterocycles. The maximum atomic E-state index is 13.0. The Morgan fingerprint density at radius 2 is 1.89 bits per heavy atom. The number of hydrogen-bond acceptors (Lipinski definition) is 1. The van der Waals surface area contributed by atoms with Gasteiger partial charge in [-0.3, -0.25) is 4.90 Å². The molecule has 0 N–H and O–H groups in total. The minimum atomic E-state index is -4.16. The lowest BCUT2D eigenvalue weighted by molar-refractivity contribution is -0.185. The molecule has 1 atom stereocenters. The van der Waals surface area contributed by atoms with Crippen LogP contribution in [0.5, 0.6) is 0 Å². The van der Waals surface area contributed by atoms with Gasteiger partial charge in [0.1, 0.15) is 6.04 Å². The van der Waals surface area contributed by atoms with Crippen molar-refractivity contribution in [3.8, 4) is 0 Å². The molecule has 0 bridgehead atoms. The molecule has 0 aromatic heterocycles. The number of halogens is 3. The molecule has 1 aromatic rings. The van der Waals surface area contributed by atoms with Gasteiger partial charge in [-0.15, -0.1) is 0 Å². The zero-order valence-corrected chi connectivity index (χ0v) is 10.2. The number of hydrogen-bond donors (Lipinski definition) is 0. The molecule has 0 fully saturated rings. The zero-order valence-electron chi connectivity index (χ0n) is 10.2. The lowest BCUT2D eigenvalue weighted by Crippen LogP contribution is -2.47. The van der Waals surface area contributed by atoms with Crippen LogP contribution in [0.3, 0.4) is 0 Å². The van der Waals surface area contributed by atoms with Gasteiger partial charge in [0.2, 0.25) is 0 Å². The van der Waals surface area contributed by atoms with Crippen molar-refractivity contribution in [2.24, 2.45) is 0 Å². The summed E-state index contributed by atoms with van der Waals surface area (Å²) in [5.41, 5.74) is 1.92. The van der Waals surface area contributed by atoms with E-state index in [2.05, 4.69) is 0 Å². The van der Waals surface area contributed by atoms with E-state index in [1.807, 2.05) is 37.3 Å². The van der Waals surface area contributed by atoms with E-state index in [0.29, 0.717) is 13.1 Å². The van der Waals surface area contributed by atoms with Crippen molar-refractivity contribution in [1.29, 1.82) is 0 Å². The fourth-order valence-electron chi connectivity index (χ4n) is 2.28. The van der Waals surface area contributed by atoms with Gasteiger partial charge in [-0.1, -0.05) is 42.0 Å². The number of rotatable bonds is 2. The molecule has 0 spiro atoms. The predicted octanol–water partition coefficient (Wildman–Crippen LogP) is 3.77. The molecule has 0 amide bonds. The molecular formula is C14H16F3N. The first-order chi connectivity index (χ1) is 8.47. The lowest BCUT2D eigenvalue weighted by atomic mass is 10.0. The summed E-state index contributed by atoms with van der Waals surface area (Å²) in [6.45, 7) is 2.61. The molecule has 2 rings (SSSR count). The Morgan fingerprint density at radius 1 is 1.22 bits per heavy atom. The second kappa shape index (κ2) is 5.14. The Balaban J connectivity index is 2.15. The van der Waals surface area contributed by atoms with Crippen LogP contribution in [0.15, 0.2) is 42.0 Å². The average Bonchev–Trinajstić information content (AvgIpc) is 2.28. The largest absolute Gasteiger partial charge is 0.404 e. The summed E-state index contributed by atoms with van der Waals surface area (Å²) < 4.78 is 38.9. The van der Waals surface area contributed by atoms with Crippen molar-refractivity contribution < 1.29 is 13.2 Å². The van der Waals surface area contributed by atoms with E-state index in [-0.39, 0.29) is 6.42 Å². The SMILES string of the molecule is CC1=CCC(C(F)(F)F)N(Cc2ccccc2)C1. The monoisotopic (exact) mass is 255 g/mol. The highest BCUT2D eigenvalue weighted by Crippen LogP contribution is 2.32. The Hall–Kier alpha value is -1.29. The highest BCUT2D eigenvalue weighted by Gasteiger charge is 2.43. The smallest absolute Gasteiger partial charge is 0.284 e. The lowest BCUT2D eigenvalue weighted by Gasteiger charge is -2.36. The Kier molecular flexibility index (Phi) is 3.76. The molecule has 0 radical (unpaired) electrons. The molecule has 1 aliphatic rings. The van der Waals surface area contributed by atoms with E-state index in [9.17, 15) is 13.2 Å². The first kappa shape index (κ1) is 13.1. The number of benzene rings is 1. The third-order valence-corrected chi connectivity index (χ3v) is 3.19. The topological polar surface area (TPSA) is 3.24 Å². The van der Waals surface area contributed by atoms with Gasteiger partial charge < -0.3 is 0 Å². The molecule has 0 saturated carbocycles. The molecule has 1 aromatic carbocycles. The van der Waals surface area contributed by atoms with Gasteiger partial charge in [0, 0.05) is 13.1 Å². The summed E-state index contributed by atoms with van der Waals surface area (Å²) in [7, 11) is 0. The predicted molar refractivity (Wildman–Crippen MR) is 65.1 cm³/mol. The fourth-order valence-corrected chi connectivity index (χ4v) is 2.28. The second-order valence-electron chi connectivity index (χ2n) is 4.73. The van der Waals surface area contributed by atoms with E-state index in [1.165, 1.54) is 4.90 Å². The first-order valence-corrected chi connectivity index (χ1v) is 5.97. The van der Waals surface area contributed by atoms with Crippen molar-refractivity contribution in [2.75, 3.05) is 6.54 Å². The van der Waals surface area contributed by atoms with Crippen LogP contribution in [0.1, 0.15) is 18.9 Å². The van der Waals surface area contributed by atoms with Crippen molar-refractivity contribution in [3.05, 3.63) is 47.5 Å². The zero-order chi connectivity index (χ0) is 13.2. The van der Waals surface area contributed by atoms with Gasteiger partial charge in [-0.25, -0.2) is 0 Å². The molecule has 1 aliphatic heterocycles. The van der Waals surface area contributed by atoms with Crippen LogP contribution >= 0.6 is 0 Å². The molecule has 0 saturated heterocycles. The number of nitrogens with zero attached hydrogens (tertiary/aromatic N) is 1. The normalized spacial score (nSPS) is 21.8. The van der Waals surface area contributed by atoms with E-state index < -0.39 is 12.2 Å². The van der Waals surface area contributed by atoms with Crippen LogP contribution in [0, 0.1) is 0 Å². The summed E-state index contributed by atoms with van der Waals surface area (Å²) in [4.78, 5) is 1.50. The quantitative estimate of drug-likeness (QED) is 0.727. The molecular weight excluding hydrogens is 239 g/mol. The van der Waals surface area contributed by atoms with Gasteiger partial charge in [-0.2, -0.15) is 13.2 Å². The molecule has 1 unspecified atom stereocenters. The van der Waals surface area contributed by atoms with Crippen LogP contribution in [0.2, 0.25) is 0 Å². The Bertz CT molecular complexity index is 422. The molecule has 98 valence electrons. The second-order valence-corrected chi connectivity index (χ2v) is 4.73. The summed E-state index contributed by atoms with van der Waals surface area (Å²) in [5, 5.41) is 0. The summed E-state index contributed by atoms with van der Waals surface area (Å²) in [5.74, 6) is 0. The van der Waals surface area contributed by atoms with Crippen LogP contribution < -0.4 is 0 Å². The van der Waals surface area contributed by atoms with Crippen LogP contribution in [0.25, 0.3) is 0 Å². The van der Waals surface area contributed by atoms with E-state index in [1.54, 1.807) is 6.08 Å². The molecule has 4 heteroatoms. The third-order valence-electron chi connectivity index (χ3n) is 3.19. The Labute approximate surface area is 105 Å². The van der Waals surface area contributed by atoms with Crippen LogP contribution in [0.4, 0.5) is 13.2 Å². The average molecular weight is 255 g/mol. The standard InChI is InChI=1S/C14H16F3N/c1-11-7-8-13(14(15,16)17)18(9-11)10-12-5-3-2-4-6-12/h2-7,13H,8-10H2,1H3. The Morgan fingerprint density at radius 3 is 2.50 bits per heavy atom. The van der Waals surface area contributed by atoms with Crippen LogP contribution in [-0.2, 0) is 6.54 Å². The highest BCUT2D eigenvalue weighted by molar-refractivity contribution is 5.17. The van der Waals surface area contributed by atoms with E-state index in [4.69, 9.17) is 0 Å². The molecule has 0 aliphatic carbocycles. The van der Waals surface area contributed by atoms with Crippen molar-refractivity contribution in [1.82, 2.24) is 4.90 Å². The van der Waals surface area contributed by atoms with Crippen molar-refractivity contribution in [3.63, 3.8) is 0 Å². The maximum Gasteiger partial charge on any atom is 0.404 e. The summed E-state index contributed by atoms with van der Waals surface area (Å²) >= 11 is 0. The minimum Gasteiger partial charge on any atom is -0.284 e.